The van der Waals surface area contributed by atoms with Gasteiger partial charge in [-0.25, -0.2) is 4.79 Å². The van der Waals surface area contributed by atoms with E-state index in [4.69, 9.17) is 0 Å². The molecule has 1 aliphatic rings. The lowest BCUT2D eigenvalue weighted by Crippen LogP contribution is -2.32. The quantitative estimate of drug-likeness (QED) is 0.215. The number of guanidine groups is 1. The SMILES string of the molecule is CCCCNC(=NC(=O)c1ccc2c(c1)SNC=C2)[N+](=O)[O-].Cl. The monoisotopic (exact) mass is 356 g/mol. The first-order valence-electron chi connectivity index (χ1n) is 6.86. The molecule has 2 rings (SSSR count). The van der Waals surface area contributed by atoms with Gasteiger partial charge in [-0.15, -0.1) is 12.4 Å². The molecule has 1 aromatic rings. The first-order chi connectivity index (χ1) is 10.6. The Kier molecular flexibility index (Phi) is 7.56. The number of rotatable bonds is 4. The van der Waals surface area contributed by atoms with Crippen LogP contribution in [0.5, 0.6) is 0 Å². The van der Waals surface area contributed by atoms with Crippen molar-refractivity contribution in [1.29, 1.82) is 0 Å². The first kappa shape index (κ1) is 19.0. The van der Waals surface area contributed by atoms with E-state index < -0.39 is 16.8 Å². The maximum atomic E-state index is 12.1. The second-order valence-electron chi connectivity index (χ2n) is 4.58. The molecule has 0 atom stereocenters. The summed E-state index contributed by atoms with van der Waals surface area (Å²) in [5.74, 6) is -1.14. The third-order valence-electron chi connectivity index (χ3n) is 2.95. The van der Waals surface area contributed by atoms with Gasteiger partial charge in [-0.3, -0.25) is 5.32 Å². The first-order valence-corrected chi connectivity index (χ1v) is 7.67. The van der Waals surface area contributed by atoms with Crippen LogP contribution >= 0.6 is 24.4 Å². The van der Waals surface area contributed by atoms with Gasteiger partial charge in [0.2, 0.25) is 0 Å². The van der Waals surface area contributed by atoms with E-state index in [2.05, 4.69) is 15.0 Å². The summed E-state index contributed by atoms with van der Waals surface area (Å²) >= 11 is 1.38. The zero-order valence-electron chi connectivity index (χ0n) is 12.4. The van der Waals surface area contributed by atoms with Gasteiger partial charge in [0.15, 0.2) is 0 Å². The number of hydrogen-bond donors (Lipinski definition) is 2. The highest BCUT2D eigenvalue weighted by atomic mass is 35.5. The minimum atomic E-state index is -0.676. The second-order valence-corrected chi connectivity index (χ2v) is 5.46. The molecule has 0 saturated carbocycles. The molecule has 1 aliphatic heterocycles. The lowest BCUT2D eigenvalue weighted by Gasteiger charge is -2.10. The molecule has 0 fully saturated rings. The summed E-state index contributed by atoms with van der Waals surface area (Å²) in [6.07, 6.45) is 5.36. The van der Waals surface area contributed by atoms with Crippen LogP contribution in [0.15, 0.2) is 34.3 Å². The lowest BCUT2D eigenvalue weighted by atomic mass is 10.1. The van der Waals surface area contributed by atoms with Crippen molar-refractivity contribution in [2.24, 2.45) is 4.99 Å². The number of amides is 1. The number of unbranched alkanes of at least 4 members (excludes halogenated alkanes) is 1. The van der Waals surface area contributed by atoms with E-state index in [1.165, 1.54) is 11.9 Å². The van der Waals surface area contributed by atoms with Crippen LogP contribution in [0.3, 0.4) is 0 Å². The van der Waals surface area contributed by atoms with Crippen LogP contribution < -0.4 is 10.0 Å². The van der Waals surface area contributed by atoms with Gasteiger partial charge in [0.05, 0.1) is 12.1 Å². The smallest absolute Gasteiger partial charge is 0.390 e. The zero-order valence-corrected chi connectivity index (χ0v) is 14.1. The minimum absolute atomic E-state index is 0. The molecular formula is C14H17ClN4O3S. The number of halogens is 1. The van der Waals surface area contributed by atoms with E-state index in [0.29, 0.717) is 12.1 Å². The molecule has 124 valence electrons. The van der Waals surface area contributed by atoms with Crippen molar-refractivity contribution in [3.63, 3.8) is 0 Å². The Morgan fingerprint density at radius 2 is 2.26 bits per heavy atom. The predicted octanol–water partition coefficient (Wildman–Crippen LogP) is 2.85. The summed E-state index contributed by atoms with van der Waals surface area (Å²) in [5.41, 5.74) is 1.31. The van der Waals surface area contributed by atoms with Crippen molar-refractivity contribution in [2.45, 2.75) is 24.7 Å². The molecule has 7 nitrogen and oxygen atoms in total. The molecule has 0 spiro atoms. The Bertz CT molecular complexity index is 649. The van der Waals surface area contributed by atoms with Crippen LogP contribution in [0.1, 0.15) is 35.7 Å². The molecule has 0 aliphatic carbocycles. The number of fused-ring (bicyclic) bond motifs is 1. The summed E-state index contributed by atoms with van der Waals surface area (Å²) in [5, 5.41) is 13.5. The molecule has 0 saturated heterocycles. The van der Waals surface area contributed by atoms with Crippen LogP contribution in [0.25, 0.3) is 6.08 Å². The maximum absolute atomic E-state index is 12.1. The third-order valence-corrected chi connectivity index (χ3v) is 3.78. The topological polar surface area (TPSA) is 96.6 Å². The lowest BCUT2D eigenvalue weighted by molar-refractivity contribution is -0.355. The number of carbonyl (C=O) groups excluding carboxylic acids is 1. The molecule has 0 bridgehead atoms. The van der Waals surface area contributed by atoms with Crippen LogP contribution in [-0.4, -0.2) is 23.3 Å². The number of nitrogens with one attached hydrogen (secondary N) is 2. The molecule has 0 aromatic heterocycles. The Balaban J connectivity index is 0.00000264. The van der Waals surface area contributed by atoms with Crippen molar-refractivity contribution < 1.29 is 9.72 Å². The van der Waals surface area contributed by atoms with E-state index in [9.17, 15) is 14.9 Å². The van der Waals surface area contributed by atoms with Gasteiger partial charge in [0.25, 0.3) is 0 Å². The fraction of sp³-hybridized carbons (Fsp3) is 0.286. The molecule has 2 N–H and O–H groups in total. The number of nitrogens with zero attached hydrogens (tertiary/aromatic N) is 2. The van der Waals surface area contributed by atoms with Gasteiger partial charge < -0.3 is 14.8 Å². The molecule has 0 radical (unpaired) electrons. The zero-order chi connectivity index (χ0) is 15.9. The van der Waals surface area contributed by atoms with E-state index in [1.54, 1.807) is 24.4 Å². The van der Waals surface area contributed by atoms with E-state index in [1.807, 2.05) is 13.0 Å². The Labute approximate surface area is 144 Å². The summed E-state index contributed by atoms with van der Waals surface area (Å²) < 4.78 is 2.97. The van der Waals surface area contributed by atoms with Gasteiger partial charge in [-0.1, -0.05) is 19.4 Å². The van der Waals surface area contributed by atoms with Gasteiger partial charge in [-0.05, 0) is 52.1 Å². The minimum Gasteiger partial charge on any atom is -0.390 e. The number of nitro groups is 1. The van der Waals surface area contributed by atoms with Crippen molar-refractivity contribution in [3.8, 4) is 0 Å². The number of hydrogen-bond acceptors (Lipinski definition) is 5. The number of carbonyl (C=O) groups is 1. The molecule has 9 heteroatoms. The fourth-order valence-electron chi connectivity index (χ4n) is 1.80. The number of benzene rings is 1. The normalized spacial score (nSPS) is 12.7. The molecule has 1 heterocycles. The van der Waals surface area contributed by atoms with Gasteiger partial charge in [0.1, 0.15) is 0 Å². The fourth-order valence-corrected chi connectivity index (χ4v) is 2.50. The predicted molar refractivity (Wildman–Crippen MR) is 93.4 cm³/mol. The van der Waals surface area contributed by atoms with Gasteiger partial charge >= 0.3 is 11.9 Å². The standard InChI is InChI=1S/C14H16N4O3S.ClH/c1-2-3-7-15-14(18(20)21)17-13(19)11-5-4-10-6-8-16-22-12(10)9-11;/h4-6,8-9,16H,2-3,7H2,1H3,(H,15,17,19);1H. The number of aliphatic imine (C=N–C) groups is 1. The summed E-state index contributed by atoms with van der Waals surface area (Å²) in [7, 11) is 0. The highest BCUT2D eigenvalue weighted by molar-refractivity contribution is 7.97. The molecule has 0 unspecified atom stereocenters. The van der Waals surface area contributed by atoms with Gasteiger partial charge in [0, 0.05) is 11.1 Å². The maximum Gasteiger partial charge on any atom is 0.431 e. The van der Waals surface area contributed by atoms with Crippen LogP contribution in [-0.2, 0) is 0 Å². The average molecular weight is 357 g/mol. The summed E-state index contributed by atoms with van der Waals surface area (Å²) in [4.78, 5) is 26.8. The Morgan fingerprint density at radius 3 is 2.96 bits per heavy atom. The molecule has 23 heavy (non-hydrogen) atoms. The second kappa shape index (κ2) is 9.16. The molecule has 1 aromatic carbocycles. The highest BCUT2D eigenvalue weighted by Gasteiger charge is 2.18. The van der Waals surface area contributed by atoms with E-state index >= 15 is 0 Å². The van der Waals surface area contributed by atoms with Crippen molar-refractivity contribution in [1.82, 2.24) is 10.0 Å². The van der Waals surface area contributed by atoms with Gasteiger partial charge in [-0.2, -0.15) is 0 Å². The Hall–Kier alpha value is -2.06. The van der Waals surface area contributed by atoms with Crippen LogP contribution in [0.2, 0.25) is 0 Å². The largest absolute Gasteiger partial charge is 0.431 e. The summed E-state index contributed by atoms with van der Waals surface area (Å²) in [6, 6.07) is 5.08. The average Bonchev–Trinajstić information content (AvgIpc) is 2.53. The molecule has 1 amide bonds. The van der Waals surface area contributed by atoms with Crippen molar-refractivity contribution >= 4 is 42.3 Å². The van der Waals surface area contributed by atoms with Crippen LogP contribution in [0, 0.1) is 10.1 Å². The van der Waals surface area contributed by atoms with E-state index in [-0.39, 0.29) is 12.4 Å². The summed E-state index contributed by atoms with van der Waals surface area (Å²) in [6.45, 7) is 2.39. The Morgan fingerprint density at radius 1 is 1.48 bits per heavy atom. The third kappa shape index (κ3) is 5.26. The molecular weight excluding hydrogens is 340 g/mol. The van der Waals surface area contributed by atoms with E-state index in [0.717, 1.165) is 23.3 Å². The van der Waals surface area contributed by atoms with Crippen molar-refractivity contribution in [2.75, 3.05) is 6.54 Å². The van der Waals surface area contributed by atoms with Crippen LogP contribution in [0.4, 0.5) is 0 Å². The van der Waals surface area contributed by atoms with Crippen molar-refractivity contribution in [3.05, 3.63) is 45.6 Å². The highest BCUT2D eigenvalue weighted by Crippen LogP contribution is 2.26.